The van der Waals surface area contributed by atoms with Crippen molar-refractivity contribution >= 4 is 11.7 Å². The van der Waals surface area contributed by atoms with E-state index in [1.54, 1.807) is 30.3 Å². The second-order valence-electron chi connectivity index (χ2n) is 4.36. The van der Waals surface area contributed by atoms with Crippen molar-refractivity contribution in [3.05, 3.63) is 42.0 Å². The van der Waals surface area contributed by atoms with Crippen LogP contribution in [0, 0.1) is 0 Å². The summed E-state index contributed by atoms with van der Waals surface area (Å²) in [7, 11) is 1.30. The molecule has 0 aromatic heterocycles. The van der Waals surface area contributed by atoms with Gasteiger partial charge in [0.1, 0.15) is 17.1 Å². The average Bonchev–Trinajstić information content (AvgIpc) is 2.96. The van der Waals surface area contributed by atoms with Crippen molar-refractivity contribution < 1.29 is 23.7 Å². The lowest BCUT2D eigenvalue weighted by molar-refractivity contribution is 0.0598. The van der Waals surface area contributed by atoms with Crippen LogP contribution in [-0.2, 0) is 4.74 Å². The number of nitrogen functional groups attached to an aromatic ring is 1. The van der Waals surface area contributed by atoms with Gasteiger partial charge in [0.2, 0.25) is 6.79 Å². The number of ether oxygens (including phenoxy) is 4. The first-order valence-electron chi connectivity index (χ1n) is 6.23. The van der Waals surface area contributed by atoms with Crippen LogP contribution in [0.15, 0.2) is 36.4 Å². The molecule has 0 saturated heterocycles. The summed E-state index contributed by atoms with van der Waals surface area (Å²) in [6, 6.07) is 9.94. The Morgan fingerprint density at radius 2 is 1.95 bits per heavy atom. The molecule has 21 heavy (non-hydrogen) atoms. The van der Waals surface area contributed by atoms with Crippen LogP contribution in [0.25, 0.3) is 0 Å². The van der Waals surface area contributed by atoms with E-state index in [0.29, 0.717) is 28.7 Å². The molecule has 0 amide bonds. The molecule has 0 aliphatic carbocycles. The van der Waals surface area contributed by atoms with Crippen molar-refractivity contribution in [2.24, 2.45) is 0 Å². The van der Waals surface area contributed by atoms with Gasteiger partial charge in [-0.25, -0.2) is 4.79 Å². The minimum absolute atomic E-state index is 0.189. The molecule has 3 rings (SSSR count). The van der Waals surface area contributed by atoms with Crippen molar-refractivity contribution in [2.45, 2.75) is 0 Å². The van der Waals surface area contributed by atoms with Crippen molar-refractivity contribution in [1.29, 1.82) is 0 Å². The lowest BCUT2D eigenvalue weighted by atomic mass is 10.2. The maximum absolute atomic E-state index is 11.8. The fourth-order valence-electron chi connectivity index (χ4n) is 1.97. The Kier molecular flexibility index (Phi) is 3.27. The van der Waals surface area contributed by atoms with E-state index in [-0.39, 0.29) is 12.4 Å². The van der Waals surface area contributed by atoms with Gasteiger partial charge in [-0.05, 0) is 30.3 Å². The van der Waals surface area contributed by atoms with Gasteiger partial charge in [0, 0.05) is 11.8 Å². The van der Waals surface area contributed by atoms with E-state index in [4.69, 9.17) is 24.7 Å². The summed E-state index contributed by atoms with van der Waals surface area (Å²) < 4.78 is 21.0. The van der Waals surface area contributed by atoms with Gasteiger partial charge in [0.25, 0.3) is 0 Å². The monoisotopic (exact) mass is 287 g/mol. The Balaban J connectivity index is 1.92. The number of hydrogen-bond acceptors (Lipinski definition) is 6. The standard InChI is InChI=1S/C15H13NO5/c1-18-15(17)11-6-9(16)2-4-12(11)21-10-3-5-13-14(7-10)20-8-19-13/h2-7H,8,16H2,1H3. The summed E-state index contributed by atoms with van der Waals surface area (Å²) in [5.41, 5.74) is 6.40. The van der Waals surface area contributed by atoms with Gasteiger partial charge in [0.15, 0.2) is 11.5 Å². The minimum atomic E-state index is -0.516. The van der Waals surface area contributed by atoms with Gasteiger partial charge in [-0.15, -0.1) is 0 Å². The lowest BCUT2D eigenvalue weighted by Gasteiger charge is -2.11. The third-order valence-electron chi connectivity index (χ3n) is 2.98. The van der Waals surface area contributed by atoms with Crippen molar-refractivity contribution in [1.82, 2.24) is 0 Å². The summed E-state index contributed by atoms with van der Waals surface area (Å²) >= 11 is 0. The molecule has 0 atom stereocenters. The molecule has 0 spiro atoms. The fraction of sp³-hybridized carbons (Fsp3) is 0.133. The van der Waals surface area contributed by atoms with Crippen molar-refractivity contribution in [3.63, 3.8) is 0 Å². The molecule has 2 aromatic carbocycles. The number of carbonyl (C=O) groups is 1. The largest absolute Gasteiger partial charge is 0.465 e. The van der Waals surface area contributed by atoms with Crippen LogP contribution in [0.1, 0.15) is 10.4 Å². The third kappa shape index (κ3) is 2.55. The summed E-state index contributed by atoms with van der Waals surface area (Å²) in [5.74, 6) is 1.62. The molecule has 0 unspecified atom stereocenters. The number of benzene rings is 2. The summed E-state index contributed by atoms with van der Waals surface area (Å²) in [6.07, 6.45) is 0. The highest BCUT2D eigenvalue weighted by Gasteiger charge is 2.17. The molecule has 1 aliphatic rings. The van der Waals surface area contributed by atoms with Crippen LogP contribution in [-0.4, -0.2) is 19.9 Å². The smallest absolute Gasteiger partial charge is 0.341 e. The first-order valence-corrected chi connectivity index (χ1v) is 6.23. The molecule has 6 heteroatoms. The number of rotatable bonds is 3. The third-order valence-corrected chi connectivity index (χ3v) is 2.98. The number of esters is 1. The summed E-state index contributed by atoms with van der Waals surface area (Å²) in [4.78, 5) is 11.8. The van der Waals surface area contributed by atoms with Crippen LogP contribution in [0.5, 0.6) is 23.0 Å². The van der Waals surface area contributed by atoms with Gasteiger partial charge >= 0.3 is 5.97 Å². The second kappa shape index (κ2) is 5.24. The summed E-state index contributed by atoms with van der Waals surface area (Å²) in [5, 5.41) is 0. The van der Waals surface area contributed by atoms with Crippen molar-refractivity contribution in [2.75, 3.05) is 19.6 Å². The Morgan fingerprint density at radius 1 is 1.14 bits per heavy atom. The molecule has 0 bridgehead atoms. The number of nitrogens with two attached hydrogens (primary N) is 1. The van der Waals surface area contributed by atoms with E-state index in [1.807, 2.05) is 0 Å². The minimum Gasteiger partial charge on any atom is -0.465 e. The molecule has 108 valence electrons. The number of anilines is 1. The quantitative estimate of drug-likeness (QED) is 0.690. The van der Waals surface area contributed by atoms with Gasteiger partial charge in [-0.3, -0.25) is 0 Å². The Hall–Kier alpha value is -2.89. The van der Waals surface area contributed by atoms with Gasteiger partial charge in [-0.1, -0.05) is 0 Å². The van der Waals surface area contributed by atoms with E-state index in [1.165, 1.54) is 13.2 Å². The van der Waals surface area contributed by atoms with E-state index in [9.17, 15) is 4.79 Å². The van der Waals surface area contributed by atoms with Crippen LogP contribution < -0.4 is 19.9 Å². The lowest BCUT2D eigenvalue weighted by Crippen LogP contribution is -2.04. The van der Waals surface area contributed by atoms with E-state index >= 15 is 0 Å². The first kappa shape index (κ1) is 13.1. The molecule has 0 radical (unpaired) electrons. The molecule has 1 heterocycles. The van der Waals surface area contributed by atoms with E-state index < -0.39 is 5.97 Å². The van der Waals surface area contributed by atoms with Crippen LogP contribution in [0.2, 0.25) is 0 Å². The molecular formula is C15H13NO5. The van der Waals surface area contributed by atoms with Crippen molar-refractivity contribution in [3.8, 4) is 23.0 Å². The van der Waals surface area contributed by atoms with Crippen LogP contribution >= 0.6 is 0 Å². The topological polar surface area (TPSA) is 80.0 Å². The molecule has 0 fully saturated rings. The highest BCUT2D eigenvalue weighted by atomic mass is 16.7. The maximum Gasteiger partial charge on any atom is 0.341 e. The zero-order chi connectivity index (χ0) is 14.8. The van der Waals surface area contributed by atoms with Crippen LogP contribution in [0.4, 0.5) is 5.69 Å². The maximum atomic E-state index is 11.8. The number of carbonyl (C=O) groups excluding carboxylic acids is 1. The van der Waals surface area contributed by atoms with E-state index in [2.05, 4.69) is 0 Å². The molecular weight excluding hydrogens is 274 g/mol. The molecule has 6 nitrogen and oxygen atoms in total. The summed E-state index contributed by atoms with van der Waals surface area (Å²) in [6.45, 7) is 0.189. The average molecular weight is 287 g/mol. The molecule has 0 saturated carbocycles. The number of fused-ring (bicyclic) bond motifs is 1. The van der Waals surface area contributed by atoms with Gasteiger partial charge in [0.05, 0.1) is 7.11 Å². The SMILES string of the molecule is COC(=O)c1cc(N)ccc1Oc1ccc2c(c1)OCO2. The zero-order valence-electron chi connectivity index (χ0n) is 11.3. The predicted molar refractivity (Wildman–Crippen MR) is 74.8 cm³/mol. The van der Waals surface area contributed by atoms with E-state index in [0.717, 1.165) is 0 Å². The molecule has 2 aromatic rings. The fourth-order valence-corrected chi connectivity index (χ4v) is 1.97. The first-order chi connectivity index (χ1) is 10.2. The molecule has 2 N–H and O–H groups in total. The van der Waals surface area contributed by atoms with Gasteiger partial charge in [-0.2, -0.15) is 0 Å². The Bertz CT molecular complexity index is 698. The predicted octanol–water partition coefficient (Wildman–Crippen LogP) is 2.58. The number of methoxy groups -OCH3 is 1. The highest BCUT2D eigenvalue weighted by Crippen LogP contribution is 2.37. The second-order valence-corrected chi connectivity index (χ2v) is 4.36. The highest BCUT2D eigenvalue weighted by molar-refractivity contribution is 5.93. The normalized spacial score (nSPS) is 12.0. The zero-order valence-corrected chi connectivity index (χ0v) is 11.3. The molecule has 1 aliphatic heterocycles. The number of hydrogen-bond donors (Lipinski definition) is 1. The van der Waals surface area contributed by atoms with Crippen LogP contribution in [0.3, 0.4) is 0 Å². The Labute approximate surface area is 121 Å². The Morgan fingerprint density at radius 3 is 2.76 bits per heavy atom. The van der Waals surface area contributed by atoms with Gasteiger partial charge < -0.3 is 24.7 Å².